The zero-order chi connectivity index (χ0) is 18.3. The van der Waals surface area contributed by atoms with Gasteiger partial charge in [0.15, 0.2) is 5.78 Å². The fraction of sp³-hybridized carbons (Fsp3) is 0.500. The minimum Gasteiger partial charge on any atom is -0.366 e. The molecule has 0 radical (unpaired) electrons. The molecule has 2 nitrogen and oxygen atoms in total. The molecule has 1 aliphatic rings. The Labute approximate surface area is 148 Å². The summed E-state index contributed by atoms with van der Waals surface area (Å²) in [5, 5.41) is 3.18. The van der Waals surface area contributed by atoms with Crippen molar-refractivity contribution in [1.29, 1.82) is 0 Å². The van der Waals surface area contributed by atoms with Gasteiger partial charge >= 0.3 is 0 Å². The van der Waals surface area contributed by atoms with E-state index in [-0.39, 0.29) is 11.7 Å². The van der Waals surface area contributed by atoms with Crippen molar-refractivity contribution < 1.29 is 4.79 Å². The molecule has 2 heteroatoms. The maximum atomic E-state index is 12.3. The standard InChI is InChI=1S/C22H33NO/c1-8-19(7)23-12-10-9-11-16(4)20-13-17(5)21(18(6)14-20)22(24)15(2)3/h10,12,14-16,23H,5,7-9,11,13H2,1-4,6H3/b12-10+. The number of allylic oxidation sites excluding steroid dienone is 7. The number of carbonyl (C=O) groups is 1. The molecule has 1 unspecified atom stereocenters. The van der Waals surface area contributed by atoms with Crippen molar-refractivity contribution in [2.75, 3.05) is 0 Å². The normalized spacial score (nSPS) is 16.6. The molecular weight excluding hydrogens is 294 g/mol. The number of carbonyl (C=O) groups excluding carboxylic acids is 1. The lowest BCUT2D eigenvalue weighted by atomic mass is 9.79. The predicted octanol–water partition coefficient (Wildman–Crippen LogP) is 5.86. The topological polar surface area (TPSA) is 29.1 Å². The Morgan fingerprint density at radius 2 is 2.04 bits per heavy atom. The average Bonchev–Trinajstić information content (AvgIpc) is 2.52. The van der Waals surface area contributed by atoms with Crippen LogP contribution in [0.3, 0.4) is 0 Å². The Balaban J connectivity index is 2.68. The first-order chi connectivity index (χ1) is 11.3. The third-order valence-corrected chi connectivity index (χ3v) is 4.57. The molecule has 0 spiro atoms. The van der Waals surface area contributed by atoms with Crippen molar-refractivity contribution in [1.82, 2.24) is 5.32 Å². The molecule has 0 aromatic rings. The van der Waals surface area contributed by atoms with Crippen molar-refractivity contribution in [3.63, 3.8) is 0 Å². The van der Waals surface area contributed by atoms with Crippen LogP contribution in [-0.4, -0.2) is 5.78 Å². The molecule has 0 aliphatic heterocycles. The van der Waals surface area contributed by atoms with Gasteiger partial charge < -0.3 is 5.32 Å². The van der Waals surface area contributed by atoms with Gasteiger partial charge in [0, 0.05) is 17.2 Å². The molecule has 0 saturated heterocycles. The number of hydrogen-bond acceptors (Lipinski definition) is 2. The summed E-state index contributed by atoms with van der Waals surface area (Å²) >= 11 is 0. The van der Waals surface area contributed by atoms with Crippen LogP contribution in [0.2, 0.25) is 0 Å². The Morgan fingerprint density at radius 1 is 1.38 bits per heavy atom. The summed E-state index contributed by atoms with van der Waals surface area (Å²) in [7, 11) is 0. The molecule has 0 heterocycles. The summed E-state index contributed by atoms with van der Waals surface area (Å²) in [6.45, 7) is 18.4. The van der Waals surface area contributed by atoms with Gasteiger partial charge in [-0.3, -0.25) is 4.79 Å². The molecule has 1 rings (SSSR count). The van der Waals surface area contributed by atoms with Crippen LogP contribution in [-0.2, 0) is 4.79 Å². The lowest BCUT2D eigenvalue weighted by Gasteiger charge is -2.24. The highest BCUT2D eigenvalue weighted by Gasteiger charge is 2.24. The van der Waals surface area contributed by atoms with Crippen LogP contribution in [0.4, 0.5) is 0 Å². The van der Waals surface area contributed by atoms with E-state index >= 15 is 0 Å². The first-order valence-corrected chi connectivity index (χ1v) is 9.00. The van der Waals surface area contributed by atoms with Crippen LogP contribution in [0.1, 0.15) is 60.3 Å². The van der Waals surface area contributed by atoms with Crippen LogP contribution in [0.25, 0.3) is 0 Å². The van der Waals surface area contributed by atoms with Crippen molar-refractivity contribution >= 4 is 5.78 Å². The SMILES string of the molecule is C=C(CC)N/C=C/CCC(C)C1=CC(C)=C(C(=O)C(C)C)C(=C)C1. The predicted molar refractivity (Wildman–Crippen MR) is 104 cm³/mol. The molecule has 0 fully saturated rings. The summed E-state index contributed by atoms with van der Waals surface area (Å²) < 4.78 is 0. The second kappa shape index (κ2) is 9.46. The molecular formula is C22H33NO. The number of hydrogen-bond donors (Lipinski definition) is 1. The van der Waals surface area contributed by atoms with Crippen LogP contribution in [0.5, 0.6) is 0 Å². The van der Waals surface area contributed by atoms with Gasteiger partial charge in [0.2, 0.25) is 0 Å². The van der Waals surface area contributed by atoms with Crippen LogP contribution in [0, 0.1) is 11.8 Å². The van der Waals surface area contributed by atoms with E-state index in [1.54, 1.807) is 0 Å². The third-order valence-electron chi connectivity index (χ3n) is 4.57. The molecule has 0 bridgehead atoms. The van der Waals surface area contributed by atoms with Gasteiger partial charge in [-0.1, -0.05) is 58.6 Å². The van der Waals surface area contributed by atoms with E-state index in [2.05, 4.69) is 44.5 Å². The molecule has 1 N–H and O–H groups in total. The molecule has 0 aromatic carbocycles. The van der Waals surface area contributed by atoms with Gasteiger partial charge in [-0.15, -0.1) is 0 Å². The van der Waals surface area contributed by atoms with Gasteiger partial charge in [-0.25, -0.2) is 0 Å². The molecule has 24 heavy (non-hydrogen) atoms. The van der Waals surface area contributed by atoms with Crippen LogP contribution in [0.15, 0.2) is 59.5 Å². The van der Waals surface area contributed by atoms with Crippen LogP contribution >= 0.6 is 0 Å². The quantitative estimate of drug-likeness (QED) is 0.575. The second-order valence-corrected chi connectivity index (χ2v) is 7.06. The minimum absolute atomic E-state index is 0.0228. The largest absolute Gasteiger partial charge is 0.366 e. The monoisotopic (exact) mass is 327 g/mol. The number of rotatable bonds is 9. The highest BCUT2D eigenvalue weighted by atomic mass is 16.1. The Bertz CT molecular complexity index is 587. The van der Waals surface area contributed by atoms with E-state index in [0.717, 1.165) is 48.1 Å². The fourth-order valence-electron chi connectivity index (χ4n) is 2.88. The number of Topliss-reactive ketones (excluding diaryl/α,β-unsaturated/α-hetero) is 1. The van der Waals surface area contributed by atoms with Crippen LogP contribution < -0.4 is 5.32 Å². The van der Waals surface area contributed by atoms with E-state index in [1.165, 1.54) is 5.57 Å². The number of nitrogens with one attached hydrogen (secondary N) is 1. The first kappa shape index (κ1) is 20.2. The van der Waals surface area contributed by atoms with E-state index < -0.39 is 0 Å². The molecule has 0 saturated carbocycles. The second-order valence-electron chi connectivity index (χ2n) is 7.06. The molecule has 0 amide bonds. The lowest BCUT2D eigenvalue weighted by Crippen LogP contribution is -2.17. The summed E-state index contributed by atoms with van der Waals surface area (Å²) in [6, 6.07) is 0. The first-order valence-electron chi connectivity index (χ1n) is 9.00. The zero-order valence-electron chi connectivity index (χ0n) is 16.0. The average molecular weight is 328 g/mol. The van der Waals surface area contributed by atoms with E-state index in [9.17, 15) is 4.79 Å². The van der Waals surface area contributed by atoms with E-state index in [4.69, 9.17) is 0 Å². The van der Waals surface area contributed by atoms with Gasteiger partial charge in [0.25, 0.3) is 0 Å². The van der Waals surface area contributed by atoms with Gasteiger partial charge in [-0.05, 0) is 55.9 Å². The van der Waals surface area contributed by atoms with E-state index in [0.29, 0.717) is 5.92 Å². The van der Waals surface area contributed by atoms with Crippen molar-refractivity contribution in [2.45, 2.75) is 60.3 Å². The van der Waals surface area contributed by atoms with Crippen molar-refractivity contribution in [2.24, 2.45) is 11.8 Å². The Kier molecular flexibility index (Phi) is 7.97. The molecule has 1 atom stereocenters. The fourth-order valence-corrected chi connectivity index (χ4v) is 2.88. The third kappa shape index (κ3) is 5.67. The maximum Gasteiger partial charge on any atom is 0.165 e. The summed E-state index contributed by atoms with van der Waals surface area (Å²) in [5.74, 6) is 0.728. The van der Waals surface area contributed by atoms with Gasteiger partial charge in [-0.2, -0.15) is 0 Å². The molecule has 132 valence electrons. The minimum atomic E-state index is 0.0228. The van der Waals surface area contributed by atoms with Gasteiger partial charge in [0.1, 0.15) is 0 Å². The lowest BCUT2D eigenvalue weighted by molar-refractivity contribution is -0.118. The molecule has 0 aromatic heterocycles. The van der Waals surface area contributed by atoms with Gasteiger partial charge in [0.05, 0.1) is 0 Å². The smallest absolute Gasteiger partial charge is 0.165 e. The molecule has 1 aliphatic carbocycles. The van der Waals surface area contributed by atoms with E-state index in [1.807, 2.05) is 27.0 Å². The van der Waals surface area contributed by atoms with Crippen molar-refractivity contribution in [3.05, 3.63) is 59.5 Å². The summed E-state index contributed by atoms with van der Waals surface area (Å²) in [6.07, 6.45) is 10.2. The zero-order valence-corrected chi connectivity index (χ0v) is 16.0. The summed E-state index contributed by atoms with van der Waals surface area (Å²) in [5.41, 5.74) is 5.32. The summed E-state index contributed by atoms with van der Waals surface area (Å²) in [4.78, 5) is 12.3. The maximum absolute atomic E-state index is 12.3. The van der Waals surface area contributed by atoms with Crippen molar-refractivity contribution in [3.8, 4) is 0 Å². The highest BCUT2D eigenvalue weighted by molar-refractivity contribution is 6.02. The highest BCUT2D eigenvalue weighted by Crippen LogP contribution is 2.34. The number of ketones is 1. The Morgan fingerprint density at radius 3 is 2.58 bits per heavy atom. The Hall–Kier alpha value is -1.83.